The number of aromatic hydroxyl groups is 1. The Balaban J connectivity index is 1.37. The number of aromatic nitrogens is 1. The van der Waals surface area contributed by atoms with Gasteiger partial charge >= 0.3 is 6.09 Å². The van der Waals surface area contributed by atoms with Gasteiger partial charge in [0.25, 0.3) is 0 Å². The molecule has 0 saturated heterocycles. The van der Waals surface area contributed by atoms with Gasteiger partial charge in [0.2, 0.25) is 0 Å². The monoisotopic (exact) mass is 595 g/mol. The molecule has 2 aliphatic rings. The van der Waals surface area contributed by atoms with Gasteiger partial charge in [0, 0.05) is 30.3 Å². The zero-order chi connectivity index (χ0) is 29.3. The molecule has 2 aromatic carbocycles. The van der Waals surface area contributed by atoms with Crippen LogP contribution in [-0.4, -0.2) is 40.3 Å². The average molecular weight is 597 g/mol. The third-order valence-electron chi connectivity index (χ3n) is 7.64. The Morgan fingerprint density at radius 3 is 2.37 bits per heavy atom. The van der Waals surface area contributed by atoms with Crippen LogP contribution >= 0.6 is 23.2 Å². The predicted octanol–water partition coefficient (Wildman–Crippen LogP) is 8.54. The molecule has 41 heavy (non-hydrogen) atoms. The molecular formula is C32H35Cl2N3O4. The number of alkyl carbamates (subject to hydrolysis) is 1. The lowest BCUT2D eigenvalue weighted by molar-refractivity contribution is 0.0514. The molecule has 2 saturated carbocycles. The van der Waals surface area contributed by atoms with E-state index in [2.05, 4.69) is 10.3 Å². The summed E-state index contributed by atoms with van der Waals surface area (Å²) in [6.45, 7) is 6.16. The highest BCUT2D eigenvalue weighted by atomic mass is 35.5. The quantitative estimate of drug-likeness (QED) is 0.210. The van der Waals surface area contributed by atoms with Crippen molar-refractivity contribution in [3.05, 3.63) is 52.1 Å². The minimum absolute atomic E-state index is 0.0361. The minimum atomic E-state index is -0.514. The maximum absolute atomic E-state index is 13.2. The highest BCUT2D eigenvalue weighted by molar-refractivity contribution is 6.37. The van der Waals surface area contributed by atoms with E-state index in [9.17, 15) is 14.7 Å². The number of ketones is 1. The van der Waals surface area contributed by atoms with Gasteiger partial charge in [0.1, 0.15) is 5.60 Å². The first-order chi connectivity index (χ1) is 19.5. The highest BCUT2D eigenvalue weighted by Crippen LogP contribution is 2.41. The molecule has 2 N–H and O–H groups in total. The van der Waals surface area contributed by atoms with Crippen LogP contribution in [0.5, 0.6) is 5.75 Å². The van der Waals surface area contributed by atoms with Gasteiger partial charge in [-0.05, 0) is 107 Å². The van der Waals surface area contributed by atoms with Crippen LogP contribution in [0.15, 0.2) is 41.5 Å². The van der Waals surface area contributed by atoms with E-state index in [0.29, 0.717) is 23.7 Å². The number of hydrogen-bond acceptors (Lipinski definition) is 6. The molecule has 1 heterocycles. The second-order valence-electron chi connectivity index (χ2n) is 12.1. The zero-order valence-corrected chi connectivity index (χ0v) is 25.1. The molecule has 0 spiro atoms. The van der Waals surface area contributed by atoms with Crippen LogP contribution in [0.4, 0.5) is 10.5 Å². The van der Waals surface area contributed by atoms with Gasteiger partial charge in [-0.25, -0.2) is 4.79 Å². The zero-order valence-electron chi connectivity index (χ0n) is 23.5. The Hall–Kier alpha value is -3.16. The van der Waals surface area contributed by atoms with Crippen molar-refractivity contribution in [1.82, 2.24) is 10.3 Å². The summed E-state index contributed by atoms with van der Waals surface area (Å²) >= 11 is 12.4. The van der Waals surface area contributed by atoms with Crippen molar-refractivity contribution in [3.63, 3.8) is 0 Å². The number of aliphatic imine (C=N–C) groups is 1. The first kappa shape index (κ1) is 29.3. The second kappa shape index (κ2) is 12.0. The molecular weight excluding hydrogens is 561 g/mol. The number of carbonyl (C=O) groups excluding carboxylic acids is 2. The van der Waals surface area contributed by atoms with Gasteiger partial charge in [-0.3, -0.25) is 14.8 Å². The fourth-order valence-electron chi connectivity index (χ4n) is 5.24. The number of pyridine rings is 1. The number of Topliss-reactive ketones (excluding diaryl/α,β-unsaturated/α-hetero) is 1. The largest absolute Gasteiger partial charge is 0.505 e. The summed E-state index contributed by atoms with van der Waals surface area (Å²) in [5.41, 5.74) is 2.98. The molecule has 9 heteroatoms. The lowest BCUT2D eigenvalue weighted by atomic mass is 9.82. The number of rotatable bonds is 7. The summed E-state index contributed by atoms with van der Waals surface area (Å²) in [6, 6.07) is 9.09. The van der Waals surface area contributed by atoms with Crippen molar-refractivity contribution in [2.75, 3.05) is 6.54 Å². The van der Waals surface area contributed by atoms with E-state index in [0.717, 1.165) is 60.6 Å². The molecule has 0 radical (unpaired) electrons. The number of nitrogens with one attached hydrogen (secondary N) is 1. The third-order valence-corrected chi connectivity index (χ3v) is 8.22. The third kappa shape index (κ3) is 7.19. The number of hydrogen-bond donors (Lipinski definition) is 2. The van der Waals surface area contributed by atoms with Crippen LogP contribution in [0.3, 0.4) is 0 Å². The Kier molecular flexibility index (Phi) is 8.57. The van der Waals surface area contributed by atoms with Crippen molar-refractivity contribution in [2.45, 2.75) is 64.9 Å². The van der Waals surface area contributed by atoms with Gasteiger partial charge in [0.05, 0.1) is 26.8 Å². The molecule has 0 bridgehead atoms. The molecule has 1 amide bonds. The Labute approximate surface area is 250 Å². The van der Waals surface area contributed by atoms with Gasteiger partial charge < -0.3 is 15.2 Å². The van der Waals surface area contributed by atoms with Crippen LogP contribution in [0.25, 0.3) is 22.0 Å². The maximum atomic E-state index is 13.2. The molecule has 216 valence electrons. The van der Waals surface area contributed by atoms with E-state index in [-0.39, 0.29) is 39.5 Å². The first-order valence-corrected chi connectivity index (χ1v) is 14.9. The number of carbonyl (C=O) groups is 2. The smallest absolute Gasteiger partial charge is 0.407 e. The molecule has 3 aromatic rings. The van der Waals surface area contributed by atoms with E-state index in [1.54, 1.807) is 18.3 Å². The fraction of sp³-hybridized carbons (Fsp3) is 0.438. The van der Waals surface area contributed by atoms with Crippen molar-refractivity contribution in [3.8, 4) is 16.9 Å². The molecule has 7 nitrogen and oxygen atoms in total. The minimum Gasteiger partial charge on any atom is -0.505 e. The van der Waals surface area contributed by atoms with Crippen LogP contribution < -0.4 is 5.32 Å². The molecule has 5 rings (SSSR count). The van der Waals surface area contributed by atoms with Crippen LogP contribution in [0, 0.1) is 17.8 Å². The summed E-state index contributed by atoms with van der Waals surface area (Å²) in [7, 11) is 0. The maximum Gasteiger partial charge on any atom is 0.407 e. The average Bonchev–Trinajstić information content (AvgIpc) is 3.78. The number of phenols is 1. The van der Waals surface area contributed by atoms with E-state index in [1.807, 2.05) is 45.2 Å². The topological polar surface area (TPSA) is 101 Å². The number of fused-ring (bicyclic) bond motifs is 1. The van der Waals surface area contributed by atoms with E-state index >= 15 is 0 Å². The summed E-state index contributed by atoms with van der Waals surface area (Å²) < 4.78 is 5.35. The number of nitrogens with zero attached hydrogens (tertiary/aromatic N) is 2. The van der Waals surface area contributed by atoms with Gasteiger partial charge in [-0.1, -0.05) is 29.3 Å². The molecule has 2 aliphatic carbocycles. The molecule has 0 aliphatic heterocycles. The number of halogens is 2. The molecule has 1 aromatic heterocycles. The Morgan fingerprint density at radius 1 is 1.05 bits per heavy atom. The number of benzene rings is 2. The van der Waals surface area contributed by atoms with E-state index in [4.69, 9.17) is 32.9 Å². The van der Waals surface area contributed by atoms with Crippen molar-refractivity contribution in [1.29, 1.82) is 0 Å². The van der Waals surface area contributed by atoms with Crippen LogP contribution in [0.2, 0.25) is 10.0 Å². The Bertz CT molecular complexity index is 1480. The van der Waals surface area contributed by atoms with Crippen LogP contribution in [0.1, 0.15) is 69.7 Å². The van der Waals surface area contributed by atoms with Gasteiger partial charge in [-0.15, -0.1) is 0 Å². The summed E-state index contributed by atoms with van der Waals surface area (Å²) in [5, 5.41) is 14.0. The normalized spacial score (nSPS) is 19.4. The van der Waals surface area contributed by atoms with E-state index < -0.39 is 5.60 Å². The van der Waals surface area contributed by atoms with Crippen molar-refractivity contribution >= 4 is 57.9 Å². The molecule has 0 atom stereocenters. The molecule has 0 unspecified atom stereocenters. The number of amides is 1. The number of phenolic OH excluding ortho intramolecular Hbond substituents is 1. The van der Waals surface area contributed by atoms with Gasteiger partial charge in [0.15, 0.2) is 11.5 Å². The Morgan fingerprint density at radius 2 is 1.73 bits per heavy atom. The SMILES string of the molecule is CC(C)(C)OC(=O)NCC1CCC(C=Nc2c(C(=O)C3CC3)cnc3ccc(-c4cc(Cl)c(O)c(Cl)c4)cc23)CC1. The second-order valence-corrected chi connectivity index (χ2v) is 12.9. The summed E-state index contributed by atoms with van der Waals surface area (Å²) in [4.78, 5) is 34.8. The summed E-state index contributed by atoms with van der Waals surface area (Å²) in [5.74, 6) is 0.640. The predicted molar refractivity (Wildman–Crippen MR) is 164 cm³/mol. The van der Waals surface area contributed by atoms with Crippen molar-refractivity contribution < 1.29 is 19.4 Å². The van der Waals surface area contributed by atoms with Crippen molar-refractivity contribution in [2.24, 2.45) is 22.7 Å². The van der Waals surface area contributed by atoms with Crippen LogP contribution in [-0.2, 0) is 4.74 Å². The molecule has 2 fully saturated rings. The fourth-order valence-corrected chi connectivity index (χ4v) is 5.73. The first-order valence-electron chi connectivity index (χ1n) is 14.1. The highest BCUT2D eigenvalue weighted by Gasteiger charge is 2.32. The van der Waals surface area contributed by atoms with Gasteiger partial charge in [-0.2, -0.15) is 0 Å². The summed E-state index contributed by atoms with van der Waals surface area (Å²) in [6.07, 6.45) is 8.91. The lowest BCUT2D eigenvalue weighted by Gasteiger charge is -2.27. The number of ether oxygens (including phenoxy) is 1. The van der Waals surface area contributed by atoms with E-state index in [1.165, 1.54) is 0 Å². The standard InChI is InChI=1S/C32H35Cl2N3O4/c1-32(2,3)41-31(40)37-16-19-6-4-18(5-7-19)15-36-28-23-12-21(22-13-25(33)30(39)26(34)14-22)10-11-27(23)35-17-24(28)29(38)20-8-9-20/h10-15,17-20,39H,4-9,16H2,1-3H3,(H,37,40). The lowest BCUT2D eigenvalue weighted by Crippen LogP contribution is -2.36.